The molecule has 0 amide bonds. The van der Waals surface area contributed by atoms with Crippen LogP contribution in [0.5, 0.6) is 0 Å². The Morgan fingerprint density at radius 3 is 1.43 bits per heavy atom. The van der Waals surface area contributed by atoms with Gasteiger partial charge >= 0.3 is 0 Å². The summed E-state index contributed by atoms with van der Waals surface area (Å²) in [6.07, 6.45) is 0. The molecule has 0 fully saturated rings. The largest absolute Gasteiger partial charge is 0.311 e. The van der Waals surface area contributed by atoms with E-state index in [2.05, 4.69) is 312 Å². The first-order chi connectivity index (χ1) is 49.1. The molecule has 0 aliphatic carbocycles. The number of anilines is 9. The van der Waals surface area contributed by atoms with Crippen LogP contribution in [0.25, 0.3) is 59.8 Å². The Bertz CT molecular complexity index is 5580. The molecule has 0 atom stereocenters. The first kappa shape index (κ1) is 51.7. The van der Waals surface area contributed by atoms with E-state index in [1.165, 1.54) is 26.2 Å². The van der Waals surface area contributed by atoms with Gasteiger partial charge in [-0.05, 0) is 175 Å². The van der Waals surface area contributed by atoms with Crippen LogP contribution in [0, 0.1) is 0 Å². The van der Waals surface area contributed by atoms with Crippen LogP contribution < -0.4 is 41.5 Å². The fourth-order valence-electron chi connectivity index (χ4n) is 14.7. The van der Waals surface area contributed by atoms with Crippen LogP contribution in [-0.4, -0.2) is 27.4 Å². The molecule has 95 heavy (non-hydrogen) atoms. The fraction of sp³-hybridized carbons (Fsp3) is 0.149. The first-order valence-electron chi connectivity index (χ1n) is 37.0. The van der Waals surface area contributed by atoms with Crippen molar-refractivity contribution in [3.05, 3.63) is 295 Å². The molecule has 0 saturated carbocycles. The average Bonchev–Trinajstić information content (AvgIpc) is 1.60. The van der Waals surface area contributed by atoms with Crippen molar-refractivity contribution in [2.24, 2.45) is 0 Å². The highest BCUT2D eigenvalue weighted by atomic mass is 32.1. The van der Waals surface area contributed by atoms with Crippen LogP contribution in [0.2, 0.25) is 39.3 Å². The number of rotatable bonds is 12. The second-order valence-electron chi connectivity index (χ2n) is 29.3. The lowest BCUT2D eigenvalue weighted by atomic mass is 9.33. The molecule has 0 spiro atoms. The van der Waals surface area contributed by atoms with Gasteiger partial charge < -0.3 is 19.3 Å². The summed E-state index contributed by atoms with van der Waals surface area (Å²) in [6, 6.07) is 79.1. The average molecular weight is 1290 g/mol. The van der Waals surface area contributed by atoms with Crippen LogP contribution in [-0.2, 0) is 10.8 Å². The SMILES string of the molecule is [2H]c1c([2H])c([2H])c2c(c1[2H])c1c([2H])c([2H])c([2H])c([2H])c1n2-c1ccc2c(c1)N(c1ccc(C(C)(C)C)cc1)c1cc(N(c3ccc([Si](C)(C)C)cc3)c3ccc([Si](C)(C)C)cc3)cc3c1B2c1c(cc(C(C)(C)c2ccccc2)c2sccc12)N3c1cc(-c2ccccc2)cc(-c2ccccc2)c1. The predicted octanol–water partition coefficient (Wildman–Crippen LogP) is 21.6. The van der Waals surface area contributed by atoms with Gasteiger partial charge in [0, 0.05) is 72.1 Å². The molecule has 0 unspecified atom stereocenters. The summed E-state index contributed by atoms with van der Waals surface area (Å²) in [4.78, 5) is 7.36. The Morgan fingerprint density at radius 2 is 0.905 bits per heavy atom. The highest BCUT2D eigenvalue weighted by Gasteiger charge is 2.47. The van der Waals surface area contributed by atoms with Gasteiger partial charge in [0.2, 0.25) is 0 Å². The summed E-state index contributed by atoms with van der Waals surface area (Å²) in [5.41, 5.74) is 19.4. The number of aromatic nitrogens is 1. The molecule has 2 aromatic heterocycles. The Morgan fingerprint density at radius 1 is 0.411 bits per heavy atom. The lowest BCUT2D eigenvalue weighted by Gasteiger charge is -2.46. The number of fused-ring (bicyclic) bond motifs is 9. The summed E-state index contributed by atoms with van der Waals surface area (Å²) >= 11 is 1.76. The van der Waals surface area contributed by atoms with Gasteiger partial charge in [-0.2, -0.15) is 0 Å². The molecule has 4 heterocycles. The molecule has 16 rings (SSSR count). The Kier molecular flexibility index (Phi) is 12.4. The molecule has 2 aliphatic heterocycles. The third-order valence-electron chi connectivity index (χ3n) is 19.8. The summed E-state index contributed by atoms with van der Waals surface area (Å²) < 4.78 is 77.7. The Hall–Kier alpha value is -9.70. The van der Waals surface area contributed by atoms with Crippen LogP contribution in [0.4, 0.5) is 51.2 Å². The topological polar surface area (TPSA) is 14.7 Å². The molecular weight excluding hydrogens is 1200 g/mol. The van der Waals surface area contributed by atoms with Crippen molar-refractivity contribution < 1.29 is 11.0 Å². The van der Waals surface area contributed by atoms with E-state index in [1.54, 1.807) is 15.9 Å². The zero-order valence-electron chi connectivity index (χ0n) is 63.7. The lowest BCUT2D eigenvalue weighted by molar-refractivity contribution is 0.590. The number of para-hydroxylation sites is 2. The number of nitrogens with zero attached hydrogens (tertiary/aromatic N) is 4. The van der Waals surface area contributed by atoms with E-state index in [1.807, 2.05) is 6.07 Å². The van der Waals surface area contributed by atoms with Crippen LogP contribution in [0.3, 0.4) is 0 Å². The van der Waals surface area contributed by atoms with E-state index < -0.39 is 52.4 Å². The van der Waals surface area contributed by atoms with Gasteiger partial charge in [0.25, 0.3) is 6.71 Å². The molecule has 464 valence electrons. The molecule has 12 aromatic carbocycles. The van der Waals surface area contributed by atoms with E-state index in [0.717, 1.165) is 101 Å². The smallest absolute Gasteiger partial charge is 0.252 e. The second-order valence-corrected chi connectivity index (χ2v) is 40.3. The molecular formula is C87H79BN4SSi2. The Labute approximate surface area is 578 Å². The van der Waals surface area contributed by atoms with E-state index >= 15 is 0 Å². The monoisotopic (exact) mass is 1290 g/mol. The normalized spacial score (nSPS) is 14.3. The van der Waals surface area contributed by atoms with Gasteiger partial charge in [-0.1, -0.05) is 254 Å². The summed E-state index contributed by atoms with van der Waals surface area (Å²) in [5.74, 6) is 0. The first-order valence-corrected chi connectivity index (χ1v) is 40.9. The molecule has 0 radical (unpaired) electrons. The van der Waals surface area contributed by atoms with Crippen molar-refractivity contribution in [3.63, 3.8) is 0 Å². The van der Waals surface area contributed by atoms with Gasteiger partial charge in [-0.15, -0.1) is 11.3 Å². The number of thiophene rings is 1. The fourth-order valence-corrected chi connectivity index (χ4v) is 18.1. The van der Waals surface area contributed by atoms with Crippen molar-refractivity contribution in [2.75, 3.05) is 14.7 Å². The minimum atomic E-state index is -1.78. The lowest BCUT2D eigenvalue weighted by Crippen LogP contribution is -2.61. The molecule has 0 N–H and O–H groups in total. The molecule has 0 bridgehead atoms. The standard InChI is InChI=1S/C87H79BN4SSi2/c1-86(2,3)62-35-37-66(38-36-62)90-79-54-67(91-77-33-23-21-31-72(77)73-32-22-24-34-78(73)91)43-48-76(79)88-83-74-49-50-93-85(74)75(87(4,5)63-29-19-14-20-30-63)57-82(83)92(68-52-60(58-25-15-12-16-26-58)51-61(53-68)59-27-17-13-18-28-59)81-56-69(55-80(90)84(81)88)89(64-39-44-70(45-40-64)94(6,7)8)65-41-46-71(47-42-65)95(9,10)11/h12-57H,1-11H3/i21D,22D,23D,24D,31D,32D,33D,34D. The molecule has 14 aromatic rings. The van der Waals surface area contributed by atoms with Crippen LogP contribution >= 0.6 is 11.3 Å². The minimum Gasteiger partial charge on any atom is -0.311 e. The van der Waals surface area contributed by atoms with E-state index in [-0.39, 0.29) is 51.4 Å². The maximum absolute atomic E-state index is 9.74. The zero-order valence-corrected chi connectivity index (χ0v) is 58.5. The molecule has 8 heteroatoms. The van der Waals surface area contributed by atoms with Crippen molar-refractivity contribution in [1.29, 1.82) is 0 Å². The maximum Gasteiger partial charge on any atom is 0.252 e. The van der Waals surface area contributed by atoms with Gasteiger partial charge in [0.05, 0.1) is 43.8 Å². The quantitative estimate of drug-likeness (QED) is 0.113. The zero-order chi connectivity index (χ0) is 72.2. The molecule has 2 aliphatic rings. The minimum absolute atomic E-state index is 0.0259. The highest BCUT2D eigenvalue weighted by molar-refractivity contribution is 7.18. The number of hydrogen-bond acceptors (Lipinski definition) is 4. The molecule has 0 saturated heterocycles. The van der Waals surface area contributed by atoms with E-state index in [9.17, 15) is 8.22 Å². The van der Waals surface area contributed by atoms with Crippen molar-refractivity contribution in [3.8, 4) is 27.9 Å². The van der Waals surface area contributed by atoms with Gasteiger partial charge in [-0.25, -0.2) is 0 Å². The van der Waals surface area contributed by atoms with E-state index in [4.69, 9.17) is 2.74 Å². The third-order valence-corrected chi connectivity index (χ3v) is 24.9. The van der Waals surface area contributed by atoms with E-state index in [0.29, 0.717) is 5.69 Å². The summed E-state index contributed by atoms with van der Waals surface area (Å²) in [6.45, 7) is 25.3. The van der Waals surface area contributed by atoms with Crippen molar-refractivity contribution >= 4 is 144 Å². The van der Waals surface area contributed by atoms with Gasteiger partial charge in [0.15, 0.2) is 0 Å². The predicted molar refractivity (Wildman–Crippen MR) is 419 cm³/mol. The van der Waals surface area contributed by atoms with Crippen molar-refractivity contribution in [2.45, 2.75) is 84.7 Å². The number of benzene rings is 12. The highest BCUT2D eigenvalue weighted by Crippen LogP contribution is 2.52. The maximum atomic E-state index is 9.74. The van der Waals surface area contributed by atoms with Crippen LogP contribution in [0.15, 0.2) is 278 Å². The van der Waals surface area contributed by atoms with Crippen LogP contribution in [0.1, 0.15) is 62.3 Å². The van der Waals surface area contributed by atoms with Gasteiger partial charge in [0.1, 0.15) is 0 Å². The molecule has 4 nitrogen and oxygen atoms in total. The Balaban J connectivity index is 1.10. The third kappa shape index (κ3) is 10.3. The summed E-state index contributed by atoms with van der Waals surface area (Å²) in [7, 11) is -3.57. The number of hydrogen-bond donors (Lipinski definition) is 0. The summed E-state index contributed by atoms with van der Waals surface area (Å²) in [5, 5.41) is 6.12. The van der Waals surface area contributed by atoms with Crippen molar-refractivity contribution in [1.82, 2.24) is 4.57 Å². The van der Waals surface area contributed by atoms with Gasteiger partial charge in [-0.3, -0.25) is 0 Å². The second kappa shape index (κ2) is 22.8.